The molecular formula is C14H21ClN4. The monoisotopic (exact) mass is 280 g/mol. The van der Waals surface area contributed by atoms with E-state index in [0.717, 1.165) is 29.2 Å². The Bertz CT molecular complexity index is 586. The molecule has 0 unspecified atom stereocenters. The number of rotatable bonds is 4. The molecule has 0 bridgehead atoms. The molecule has 0 aliphatic heterocycles. The summed E-state index contributed by atoms with van der Waals surface area (Å²) >= 11 is 6.03. The van der Waals surface area contributed by atoms with Crippen molar-refractivity contribution in [1.29, 1.82) is 0 Å². The van der Waals surface area contributed by atoms with E-state index in [1.165, 1.54) is 0 Å². The zero-order valence-corrected chi connectivity index (χ0v) is 13.0. The van der Waals surface area contributed by atoms with Crippen molar-refractivity contribution in [3.63, 3.8) is 0 Å². The minimum Gasteiger partial charge on any atom is -0.310 e. The second kappa shape index (κ2) is 5.10. The van der Waals surface area contributed by atoms with Gasteiger partial charge in [0.05, 0.1) is 5.88 Å². The predicted molar refractivity (Wildman–Crippen MR) is 79.6 cm³/mol. The van der Waals surface area contributed by atoms with Crippen LogP contribution in [0.5, 0.6) is 0 Å². The minimum absolute atomic E-state index is 0.0138. The number of imidazole rings is 1. The third kappa shape index (κ3) is 2.74. The van der Waals surface area contributed by atoms with E-state index in [1.807, 2.05) is 19.1 Å². The fraction of sp³-hybridized carbons (Fsp3) is 0.571. The predicted octanol–water partition coefficient (Wildman–Crippen LogP) is 2.82. The Labute approximate surface area is 119 Å². The Balaban J connectivity index is 2.54. The summed E-state index contributed by atoms with van der Waals surface area (Å²) in [6.45, 7) is 7.21. The third-order valence-corrected chi connectivity index (χ3v) is 3.92. The molecule has 19 heavy (non-hydrogen) atoms. The highest BCUT2D eigenvalue weighted by Gasteiger charge is 2.24. The van der Waals surface area contributed by atoms with Crippen LogP contribution < -0.4 is 0 Å². The van der Waals surface area contributed by atoms with Gasteiger partial charge in [0.1, 0.15) is 11.3 Å². The van der Waals surface area contributed by atoms with E-state index in [4.69, 9.17) is 11.6 Å². The summed E-state index contributed by atoms with van der Waals surface area (Å²) in [6, 6.07) is 3.99. The molecule has 0 amide bonds. The molecular weight excluding hydrogens is 260 g/mol. The number of alkyl halides is 1. The van der Waals surface area contributed by atoms with E-state index in [9.17, 15) is 0 Å². The van der Waals surface area contributed by atoms with Crippen LogP contribution in [0.25, 0.3) is 11.2 Å². The Morgan fingerprint density at radius 3 is 2.53 bits per heavy atom. The molecule has 0 N–H and O–H groups in total. The van der Waals surface area contributed by atoms with Crippen molar-refractivity contribution >= 4 is 22.8 Å². The van der Waals surface area contributed by atoms with Crippen LogP contribution in [0, 0.1) is 6.92 Å². The van der Waals surface area contributed by atoms with Gasteiger partial charge in [-0.1, -0.05) is 0 Å². The van der Waals surface area contributed by atoms with Crippen LogP contribution in [0.3, 0.4) is 0 Å². The Kier molecular flexibility index (Phi) is 3.83. The average Bonchev–Trinajstić information content (AvgIpc) is 2.66. The van der Waals surface area contributed by atoms with Crippen molar-refractivity contribution in [1.82, 2.24) is 19.4 Å². The first-order chi connectivity index (χ1) is 8.85. The summed E-state index contributed by atoms with van der Waals surface area (Å²) in [4.78, 5) is 11.4. The number of fused-ring (bicyclic) bond motifs is 1. The van der Waals surface area contributed by atoms with Gasteiger partial charge in [-0.15, -0.1) is 11.6 Å². The molecule has 2 rings (SSSR count). The number of aryl methyl sites for hydroxylation is 1. The molecule has 5 heteroatoms. The fourth-order valence-corrected chi connectivity index (χ4v) is 2.14. The van der Waals surface area contributed by atoms with Gasteiger partial charge in [0, 0.05) is 17.8 Å². The van der Waals surface area contributed by atoms with Gasteiger partial charge in [-0.05, 0) is 47.0 Å². The highest BCUT2D eigenvalue weighted by atomic mass is 35.5. The van der Waals surface area contributed by atoms with E-state index in [0.29, 0.717) is 5.88 Å². The number of pyridine rings is 1. The second-order valence-corrected chi connectivity index (χ2v) is 6.02. The van der Waals surface area contributed by atoms with Crippen LogP contribution in [0.4, 0.5) is 0 Å². The van der Waals surface area contributed by atoms with Gasteiger partial charge in [0.2, 0.25) is 0 Å². The highest BCUT2D eigenvalue weighted by Crippen LogP contribution is 2.21. The zero-order chi connectivity index (χ0) is 14.2. The lowest BCUT2D eigenvalue weighted by molar-refractivity contribution is 0.170. The maximum Gasteiger partial charge on any atom is 0.160 e. The summed E-state index contributed by atoms with van der Waals surface area (Å²) in [5.41, 5.74) is 2.85. The van der Waals surface area contributed by atoms with E-state index in [2.05, 4.69) is 47.4 Å². The fourth-order valence-electron chi connectivity index (χ4n) is 1.94. The summed E-state index contributed by atoms with van der Waals surface area (Å²) in [7, 11) is 4.16. The van der Waals surface area contributed by atoms with Crippen molar-refractivity contribution in [2.75, 3.05) is 14.1 Å². The van der Waals surface area contributed by atoms with Crippen molar-refractivity contribution < 1.29 is 0 Å². The second-order valence-electron chi connectivity index (χ2n) is 5.75. The molecule has 0 fully saturated rings. The smallest absolute Gasteiger partial charge is 0.160 e. The van der Waals surface area contributed by atoms with Gasteiger partial charge < -0.3 is 9.47 Å². The van der Waals surface area contributed by atoms with Gasteiger partial charge in [-0.2, -0.15) is 0 Å². The molecule has 2 heterocycles. The molecule has 0 aliphatic carbocycles. The van der Waals surface area contributed by atoms with Crippen molar-refractivity contribution in [2.45, 2.75) is 38.7 Å². The Morgan fingerprint density at radius 2 is 1.95 bits per heavy atom. The standard InChI is InChI=1S/C14H21ClN4/c1-10-6-7-11-13(16-10)19(12(8-15)17-11)9-14(2,3)18(4)5/h6-7H,8-9H2,1-5H3. The van der Waals surface area contributed by atoms with Crippen LogP contribution in [0.15, 0.2) is 12.1 Å². The summed E-state index contributed by atoms with van der Waals surface area (Å²) in [5.74, 6) is 1.28. The lowest BCUT2D eigenvalue weighted by Gasteiger charge is -2.33. The number of hydrogen-bond donors (Lipinski definition) is 0. The normalized spacial score (nSPS) is 12.6. The molecule has 104 valence electrons. The molecule has 0 spiro atoms. The van der Waals surface area contributed by atoms with Crippen molar-refractivity contribution in [2.24, 2.45) is 0 Å². The number of likely N-dealkylation sites (N-methyl/N-ethyl adjacent to an activating group) is 1. The maximum absolute atomic E-state index is 6.03. The van der Waals surface area contributed by atoms with Crippen LogP contribution in [0.1, 0.15) is 25.4 Å². The SMILES string of the molecule is Cc1ccc2nc(CCl)n(CC(C)(C)N(C)C)c2n1. The average molecular weight is 281 g/mol. The topological polar surface area (TPSA) is 34.0 Å². The third-order valence-electron chi connectivity index (χ3n) is 3.69. The van der Waals surface area contributed by atoms with Crippen molar-refractivity contribution in [3.05, 3.63) is 23.7 Å². The van der Waals surface area contributed by atoms with E-state index in [1.54, 1.807) is 0 Å². The molecule has 0 radical (unpaired) electrons. The molecule has 2 aromatic rings. The summed E-state index contributed by atoms with van der Waals surface area (Å²) < 4.78 is 2.13. The van der Waals surface area contributed by atoms with Crippen LogP contribution in [0.2, 0.25) is 0 Å². The van der Waals surface area contributed by atoms with E-state index in [-0.39, 0.29) is 5.54 Å². The first-order valence-electron chi connectivity index (χ1n) is 6.41. The molecule has 0 aliphatic rings. The maximum atomic E-state index is 6.03. The Hall–Kier alpha value is -1.13. The molecule has 0 aromatic carbocycles. The van der Waals surface area contributed by atoms with Gasteiger partial charge in [-0.3, -0.25) is 0 Å². The lowest BCUT2D eigenvalue weighted by atomic mass is 10.0. The number of aromatic nitrogens is 3. The first kappa shape index (κ1) is 14.3. The highest BCUT2D eigenvalue weighted by molar-refractivity contribution is 6.16. The molecule has 0 atom stereocenters. The Morgan fingerprint density at radius 1 is 1.26 bits per heavy atom. The van der Waals surface area contributed by atoms with Crippen LogP contribution in [-0.2, 0) is 12.4 Å². The quantitative estimate of drug-likeness (QED) is 0.808. The molecule has 0 saturated heterocycles. The van der Waals surface area contributed by atoms with Crippen molar-refractivity contribution in [3.8, 4) is 0 Å². The minimum atomic E-state index is 0.0138. The first-order valence-corrected chi connectivity index (χ1v) is 6.95. The number of nitrogens with zero attached hydrogens (tertiary/aromatic N) is 4. The van der Waals surface area contributed by atoms with Gasteiger partial charge in [-0.25, -0.2) is 9.97 Å². The van der Waals surface area contributed by atoms with Gasteiger partial charge in [0.15, 0.2) is 5.65 Å². The van der Waals surface area contributed by atoms with E-state index < -0.39 is 0 Å². The number of hydrogen-bond acceptors (Lipinski definition) is 3. The zero-order valence-electron chi connectivity index (χ0n) is 12.2. The largest absolute Gasteiger partial charge is 0.310 e. The van der Waals surface area contributed by atoms with E-state index >= 15 is 0 Å². The van der Waals surface area contributed by atoms with Gasteiger partial charge in [0.25, 0.3) is 0 Å². The molecule has 4 nitrogen and oxygen atoms in total. The number of halogens is 1. The summed E-state index contributed by atoms with van der Waals surface area (Å²) in [5, 5.41) is 0. The lowest BCUT2D eigenvalue weighted by Crippen LogP contribution is -2.42. The van der Waals surface area contributed by atoms with Gasteiger partial charge >= 0.3 is 0 Å². The molecule has 0 saturated carbocycles. The van der Waals surface area contributed by atoms with Crippen LogP contribution in [-0.4, -0.2) is 39.1 Å². The molecule has 2 aromatic heterocycles. The van der Waals surface area contributed by atoms with Crippen LogP contribution >= 0.6 is 11.6 Å². The summed E-state index contributed by atoms with van der Waals surface area (Å²) in [6.07, 6.45) is 0.